The van der Waals surface area contributed by atoms with Crippen LogP contribution in [0, 0.1) is 23.7 Å². The second-order valence-corrected chi connectivity index (χ2v) is 8.70. The van der Waals surface area contributed by atoms with Crippen LogP contribution >= 0.6 is 0 Å². The van der Waals surface area contributed by atoms with Gasteiger partial charge in [0.25, 0.3) is 0 Å². The molecule has 1 fully saturated rings. The lowest BCUT2D eigenvalue weighted by molar-refractivity contribution is -0.140. The van der Waals surface area contributed by atoms with Gasteiger partial charge in [0, 0.05) is 24.2 Å². The highest BCUT2D eigenvalue weighted by Crippen LogP contribution is 2.38. The highest BCUT2D eigenvalue weighted by molar-refractivity contribution is 5.87. The summed E-state index contributed by atoms with van der Waals surface area (Å²) in [5.74, 6) is 0.0311. The summed E-state index contributed by atoms with van der Waals surface area (Å²) in [6.07, 6.45) is 0.745. The van der Waals surface area contributed by atoms with Crippen molar-refractivity contribution in [3.8, 4) is 0 Å². The first-order valence-corrected chi connectivity index (χ1v) is 11.5. The fourth-order valence-corrected chi connectivity index (χ4v) is 3.71. The summed E-state index contributed by atoms with van der Waals surface area (Å²) in [6, 6.07) is 0. The summed E-state index contributed by atoms with van der Waals surface area (Å²) < 4.78 is 19.9. The molecular weight excluding hydrogens is 444 g/mol. The monoisotopic (exact) mass is 482 g/mol. The molecule has 0 aromatic carbocycles. The third-order valence-corrected chi connectivity index (χ3v) is 5.96. The molecule has 0 aliphatic heterocycles. The van der Waals surface area contributed by atoms with Crippen molar-refractivity contribution in [3.63, 3.8) is 0 Å². The summed E-state index contributed by atoms with van der Waals surface area (Å²) in [6.45, 7) is 14.9. The number of hydrogen-bond acceptors (Lipinski definition) is 8. The van der Waals surface area contributed by atoms with E-state index in [9.17, 15) is 19.2 Å². The fraction of sp³-hybridized carbons (Fsp3) is 0.667. The van der Waals surface area contributed by atoms with Gasteiger partial charge in [-0.05, 0) is 43.9 Å². The molecule has 10 heteroatoms. The quantitative estimate of drug-likeness (QED) is 0.188. The zero-order valence-corrected chi connectivity index (χ0v) is 20.6. The minimum Gasteiger partial charge on any atom is -0.459 e. The molecule has 0 aromatic rings. The zero-order chi connectivity index (χ0) is 25.7. The Morgan fingerprint density at radius 2 is 1.18 bits per heavy atom. The van der Waals surface area contributed by atoms with Gasteiger partial charge in [0.2, 0.25) is 0 Å². The largest absolute Gasteiger partial charge is 0.459 e. The Hall–Kier alpha value is -3.04. The fourth-order valence-electron chi connectivity index (χ4n) is 3.71. The van der Waals surface area contributed by atoms with E-state index in [4.69, 9.17) is 18.9 Å². The maximum Gasteiger partial charge on any atom is 0.407 e. The molecule has 0 bridgehead atoms. The maximum absolute atomic E-state index is 12.0. The van der Waals surface area contributed by atoms with E-state index >= 15 is 0 Å². The van der Waals surface area contributed by atoms with E-state index in [0.717, 1.165) is 12.8 Å². The van der Waals surface area contributed by atoms with Crippen molar-refractivity contribution in [2.24, 2.45) is 23.7 Å². The molecule has 10 nitrogen and oxygen atoms in total. The van der Waals surface area contributed by atoms with Gasteiger partial charge in [-0.3, -0.25) is 0 Å². The summed E-state index contributed by atoms with van der Waals surface area (Å²) in [4.78, 5) is 46.7. The lowest BCUT2D eigenvalue weighted by atomic mass is 9.68. The number of carbonyl (C=O) groups excluding carboxylic acids is 4. The van der Waals surface area contributed by atoms with Crippen LogP contribution in [0.1, 0.15) is 40.5 Å². The first-order chi connectivity index (χ1) is 16.0. The molecule has 4 atom stereocenters. The second-order valence-electron chi connectivity index (χ2n) is 8.70. The Labute approximate surface area is 201 Å². The molecule has 0 spiro atoms. The summed E-state index contributed by atoms with van der Waals surface area (Å²) in [5.41, 5.74) is 0.555. The van der Waals surface area contributed by atoms with Gasteiger partial charge in [-0.25, -0.2) is 19.2 Å². The van der Waals surface area contributed by atoms with Crippen LogP contribution in [-0.4, -0.2) is 63.6 Å². The molecule has 0 aromatic heterocycles. The lowest BCUT2D eigenvalue weighted by Gasteiger charge is -2.40. The number of nitrogens with one attached hydrogen (secondary N) is 2. The Bertz CT molecular complexity index is 751. The highest BCUT2D eigenvalue weighted by Gasteiger charge is 2.35. The van der Waals surface area contributed by atoms with Crippen LogP contribution < -0.4 is 10.6 Å². The van der Waals surface area contributed by atoms with Crippen molar-refractivity contribution in [2.45, 2.75) is 40.5 Å². The van der Waals surface area contributed by atoms with Crippen molar-refractivity contribution in [1.82, 2.24) is 10.6 Å². The number of ether oxygens (including phenoxy) is 4. The number of hydrogen-bond donors (Lipinski definition) is 2. The van der Waals surface area contributed by atoms with Crippen molar-refractivity contribution in [2.75, 3.05) is 39.5 Å². The third kappa shape index (κ3) is 10.7. The molecule has 1 aliphatic carbocycles. The number of esters is 2. The van der Waals surface area contributed by atoms with Crippen LogP contribution in [0.15, 0.2) is 24.3 Å². The molecule has 1 rings (SSSR count). The van der Waals surface area contributed by atoms with E-state index in [2.05, 4.69) is 37.6 Å². The van der Waals surface area contributed by atoms with Gasteiger partial charge in [-0.15, -0.1) is 0 Å². The first kappa shape index (κ1) is 29.0. The molecule has 0 radical (unpaired) electrons. The molecule has 0 saturated heterocycles. The van der Waals surface area contributed by atoms with Crippen LogP contribution in [-0.2, 0) is 28.5 Å². The van der Waals surface area contributed by atoms with Gasteiger partial charge in [-0.2, -0.15) is 0 Å². The highest BCUT2D eigenvalue weighted by atomic mass is 16.6. The molecule has 2 N–H and O–H groups in total. The number of rotatable bonds is 12. The molecule has 0 heterocycles. The molecule has 1 saturated carbocycles. The van der Waals surface area contributed by atoms with E-state index in [1.807, 2.05) is 0 Å². The van der Waals surface area contributed by atoms with E-state index < -0.39 is 24.1 Å². The standard InChI is InChI=1S/C24H38N2O8/c1-15(2)21(27)31-9-11-33-23(29)25-13-19-8-7-17(5)18(6)20(19)14-26-24(30)34-12-10-32-22(28)16(3)4/h17-20H,1,3,7-14H2,2,4-6H3,(H,25,29)(H,26,30). The van der Waals surface area contributed by atoms with Gasteiger partial charge in [0.1, 0.15) is 26.4 Å². The Balaban J connectivity index is 2.40. The molecule has 1 aliphatic rings. The number of amides is 2. The van der Waals surface area contributed by atoms with Gasteiger partial charge >= 0.3 is 24.1 Å². The topological polar surface area (TPSA) is 129 Å². The average molecular weight is 483 g/mol. The smallest absolute Gasteiger partial charge is 0.407 e. The van der Waals surface area contributed by atoms with E-state index in [0.29, 0.717) is 24.9 Å². The molecular formula is C24H38N2O8. The molecule has 192 valence electrons. The van der Waals surface area contributed by atoms with Crippen LogP contribution in [0.5, 0.6) is 0 Å². The SMILES string of the molecule is C=C(C)C(=O)OCCOC(=O)NCC1CCC(C)C(C)C1CNC(=O)OCCOC(=O)C(=C)C. The predicted octanol–water partition coefficient (Wildman–Crippen LogP) is 2.98. The van der Waals surface area contributed by atoms with Crippen molar-refractivity contribution in [1.29, 1.82) is 0 Å². The summed E-state index contributed by atoms with van der Waals surface area (Å²) >= 11 is 0. The van der Waals surface area contributed by atoms with Crippen molar-refractivity contribution >= 4 is 24.1 Å². The van der Waals surface area contributed by atoms with Crippen molar-refractivity contribution in [3.05, 3.63) is 24.3 Å². The second kappa shape index (κ2) is 15.0. The number of alkyl carbamates (subject to hydrolysis) is 2. The van der Waals surface area contributed by atoms with Crippen LogP contribution in [0.4, 0.5) is 9.59 Å². The van der Waals surface area contributed by atoms with Crippen LogP contribution in [0.3, 0.4) is 0 Å². The summed E-state index contributed by atoms with van der Waals surface area (Å²) in [7, 11) is 0. The molecule has 2 amide bonds. The van der Waals surface area contributed by atoms with Gasteiger partial charge in [0.15, 0.2) is 0 Å². The average Bonchev–Trinajstić information content (AvgIpc) is 2.79. The van der Waals surface area contributed by atoms with Gasteiger partial charge in [-0.1, -0.05) is 33.4 Å². The minimum atomic E-state index is -0.591. The number of carbonyl (C=O) groups is 4. The zero-order valence-electron chi connectivity index (χ0n) is 20.6. The van der Waals surface area contributed by atoms with Crippen molar-refractivity contribution < 1.29 is 38.1 Å². The Morgan fingerprint density at radius 3 is 1.65 bits per heavy atom. The van der Waals surface area contributed by atoms with Gasteiger partial charge in [0.05, 0.1) is 0 Å². The third-order valence-electron chi connectivity index (χ3n) is 5.96. The van der Waals surface area contributed by atoms with E-state index in [-0.39, 0.29) is 49.4 Å². The van der Waals surface area contributed by atoms with Crippen LogP contribution in [0.2, 0.25) is 0 Å². The Morgan fingerprint density at radius 1 is 0.735 bits per heavy atom. The van der Waals surface area contributed by atoms with Gasteiger partial charge < -0.3 is 29.6 Å². The maximum atomic E-state index is 12.0. The molecule has 34 heavy (non-hydrogen) atoms. The Kier molecular flexibility index (Phi) is 12.8. The normalized spacial score (nSPS) is 21.5. The van der Waals surface area contributed by atoms with E-state index in [1.54, 1.807) is 0 Å². The van der Waals surface area contributed by atoms with E-state index in [1.165, 1.54) is 13.8 Å². The first-order valence-electron chi connectivity index (χ1n) is 11.5. The predicted molar refractivity (Wildman–Crippen MR) is 125 cm³/mol. The van der Waals surface area contributed by atoms with Crippen LogP contribution in [0.25, 0.3) is 0 Å². The summed E-state index contributed by atoms with van der Waals surface area (Å²) in [5, 5.41) is 5.53. The minimum absolute atomic E-state index is 0.0435. The molecule has 4 unspecified atom stereocenters. The lowest BCUT2D eigenvalue weighted by Crippen LogP contribution is -2.45.